The van der Waals surface area contributed by atoms with Crippen molar-refractivity contribution in [3.8, 4) is 0 Å². The van der Waals surface area contributed by atoms with Gasteiger partial charge in [-0.1, -0.05) is 0 Å². The molecule has 1 rings (SSSR count). The standard InChI is InChI=1S/C10H18ClNO2/c1-14-7-9(11)4-5-12-10(13)6-8-2-3-8/h8-9H,2-7H2,1H3,(H,12,13). The smallest absolute Gasteiger partial charge is 0.220 e. The second-order valence-electron chi connectivity index (χ2n) is 3.84. The number of nitrogens with one attached hydrogen (secondary N) is 1. The first-order valence-corrected chi connectivity index (χ1v) is 5.55. The topological polar surface area (TPSA) is 38.3 Å². The van der Waals surface area contributed by atoms with E-state index >= 15 is 0 Å². The van der Waals surface area contributed by atoms with E-state index in [1.54, 1.807) is 7.11 Å². The third-order valence-corrected chi connectivity index (χ3v) is 2.64. The highest BCUT2D eigenvalue weighted by Gasteiger charge is 2.24. The van der Waals surface area contributed by atoms with Gasteiger partial charge in [0, 0.05) is 20.1 Å². The van der Waals surface area contributed by atoms with E-state index in [-0.39, 0.29) is 11.3 Å². The molecule has 1 saturated carbocycles. The summed E-state index contributed by atoms with van der Waals surface area (Å²) >= 11 is 5.91. The number of methoxy groups -OCH3 is 1. The van der Waals surface area contributed by atoms with Gasteiger partial charge >= 0.3 is 0 Å². The Morgan fingerprint density at radius 3 is 2.93 bits per heavy atom. The summed E-state index contributed by atoms with van der Waals surface area (Å²) in [6, 6.07) is 0. The summed E-state index contributed by atoms with van der Waals surface area (Å²) in [6.07, 6.45) is 3.90. The molecule has 0 aromatic heterocycles. The van der Waals surface area contributed by atoms with Crippen LogP contribution in [0.3, 0.4) is 0 Å². The first kappa shape index (κ1) is 11.8. The molecule has 1 amide bonds. The van der Waals surface area contributed by atoms with Crippen molar-refractivity contribution in [1.82, 2.24) is 5.32 Å². The summed E-state index contributed by atoms with van der Waals surface area (Å²) in [6.45, 7) is 1.20. The molecule has 0 radical (unpaired) electrons. The Balaban J connectivity index is 1.93. The monoisotopic (exact) mass is 219 g/mol. The number of carbonyl (C=O) groups excluding carboxylic acids is 1. The van der Waals surface area contributed by atoms with Crippen LogP contribution in [0, 0.1) is 5.92 Å². The van der Waals surface area contributed by atoms with E-state index in [1.807, 2.05) is 0 Å². The highest BCUT2D eigenvalue weighted by Crippen LogP contribution is 2.31. The molecule has 4 heteroatoms. The third-order valence-electron chi connectivity index (χ3n) is 2.30. The maximum atomic E-state index is 11.2. The molecule has 1 aliphatic rings. The van der Waals surface area contributed by atoms with Crippen LogP contribution in [-0.4, -0.2) is 31.5 Å². The van der Waals surface area contributed by atoms with Gasteiger partial charge in [-0.05, 0) is 25.2 Å². The van der Waals surface area contributed by atoms with Crippen LogP contribution in [0.4, 0.5) is 0 Å². The van der Waals surface area contributed by atoms with E-state index < -0.39 is 0 Å². The normalized spacial score (nSPS) is 17.9. The van der Waals surface area contributed by atoms with Crippen LogP contribution in [0.1, 0.15) is 25.7 Å². The second kappa shape index (κ2) is 6.25. The average Bonchev–Trinajstić information content (AvgIpc) is 2.88. The molecule has 0 aromatic carbocycles. The molecule has 0 bridgehead atoms. The molecule has 0 saturated heterocycles. The van der Waals surface area contributed by atoms with E-state index in [1.165, 1.54) is 12.8 Å². The number of hydrogen-bond acceptors (Lipinski definition) is 2. The number of hydrogen-bond donors (Lipinski definition) is 1. The number of carbonyl (C=O) groups is 1. The van der Waals surface area contributed by atoms with Gasteiger partial charge in [0.1, 0.15) is 0 Å². The molecule has 3 nitrogen and oxygen atoms in total. The fourth-order valence-electron chi connectivity index (χ4n) is 1.29. The predicted molar refractivity (Wildman–Crippen MR) is 56.5 cm³/mol. The molecule has 1 fully saturated rings. The van der Waals surface area contributed by atoms with Gasteiger partial charge in [0.25, 0.3) is 0 Å². The zero-order chi connectivity index (χ0) is 10.4. The molecule has 1 unspecified atom stereocenters. The van der Waals surface area contributed by atoms with Crippen molar-refractivity contribution in [2.75, 3.05) is 20.3 Å². The highest BCUT2D eigenvalue weighted by atomic mass is 35.5. The summed E-state index contributed by atoms with van der Waals surface area (Å²) in [4.78, 5) is 11.2. The van der Waals surface area contributed by atoms with Crippen molar-refractivity contribution >= 4 is 17.5 Å². The summed E-state index contributed by atoms with van der Waals surface area (Å²) in [5, 5.41) is 2.87. The van der Waals surface area contributed by atoms with Gasteiger partial charge in [-0.15, -0.1) is 11.6 Å². The molecule has 1 N–H and O–H groups in total. The third kappa shape index (κ3) is 5.45. The van der Waals surface area contributed by atoms with E-state index in [9.17, 15) is 4.79 Å². The Bertz CT molecular complexity index is 183. The molecule has 1 atom stereocenters. The van der Waals surface area contributed by atoms with Crippen molar-refractivity contribution in [1.29, 1.82) is 0 Å². The summed E-state index contributed by atoms with van der Waals surface area (Å²) in [5.41, 5.74) is 0. The van der Waals surface area contributed by atoms with E-state index in [2.05, 4.69) is 5.32 Å². The van der Waals surface area contributed by atoms with Crippen LogP contribution < -0.4 is 5.32 Å². The fourth-order valence-corrected chi connectivity index (χ4v) is 1.52. The van der Waals surface area contributed by atoms with E-state index in [0.717, 1.165) is 6.42 Å². The minimum absolute atomic E-state index is 0.00113. The second-order valence-corrected chi connectivity index (χ2v) is 4.46. The van der Waals surface area contributed by atoms with Gasteiger partial charge in [-0.25, -0.2) is 0 Å². The Hall–Kier alpha value is -0.280. The number of alkyl halides is 1. The van der Waals surface area contributed by atoms with Gasteiger partial charge < -0.3 is 10.1 Å². The number of rotatable bonds is 7. The number of ether oxygens (including phenoxy) is 1. The molecule has 1 aliphatic carbocycles. The van der Waals surface area contributed by atoms with Gasteiger partial charge in [0.2, 0.25) is 5.91 Å². The lowest BCUT2D eigenvalue weighted by molar-refractivity contribution is -0.121. The van der Waals surface area contributed by atoms with Crippen molar-refractivity contribution in [3.05, 3.63) is 0 Å². The minimum Gasteiger partial charge on any atom is -0.383 e. The highest BCUT2D eigenvalue weighted by molar-refractivity contribution is 6.20. The maximum absolute atomic E-state index is 11.2. The molecule has 82 valence electrons. The zero-order valence-electron chi connectivity index (χ0n) is 8.59. The lowest BCUT2D eigenvalue weighted by Gasteiger charge is -2.08. The van der Waals surface area contributed by atoms with Crippen LogP contribution in [0.2, 0.25) is 0 Å². The zero-order valence-corrected chi connectivity index (χ0v) is 9.35. The Morgan fingerprint density at radius 2 is 2.36 bits per heavy atom. The van der Waals surface area contributed by atoms with Gasteiger partial charge in [0.05, 0.1) is 12.0 Å². The molecule has 14 heavy (non-hydrogen) atoms. The Labute approximate surface area is 90.1 Å². The molecule has 0 aliphatic heterocycles. The maximum Gasteiger partial charge on any atom is 0.220 e. The number of amides is 1. The van der Waals surface area contributed by atoms with Crippen molar-refractivity contribution < 1.29 is 9.53 Å². The van der Waals surface area contributed by atoms with E-state index in [4.69, 9.17) is 16.3 Å². The summed E-state index contributed by atoms with van der Waals surface area (Å²) in [7, 11) is 1.63. The summed E-state index contributed by atoms with van der Waals surface area (Å²) in [5.74, 6) is 0.814. The quantitative estimate of drug-likeness (QED) is 0.660. The lowest BCUT2D eigenvalue weighted by Crippen LogP contribution is -2.27. The van der Waals surface area contributed by atoms with E-state index in [0.29, 0.717) is 25.5 Å². The molecular formula is C10H18ClNO2. The molecule has 0 aromatic rings. The van der Waals surface area contributed by atoms with Crippen molar-refractivity contribution in [2.24, 2.45) is 5.92 Å². The molecular weight excluding hydrogens is 202 g/mol. The van der Waals surface area contributed by atoms with Gasteiger partial charge in [0.15, 0.2) is 0 Å². The Kier molecular flexibility index (Phi) is 5.26. The molecule has 0 spiro atoms. The van der Waals surface area contributed by atoms with Crippen LogP contribution in [-0.2, 0) is 9.53 Å². The number of halogens is 1. The fraction of sp³-hybridized carbons (Fsp3) is 0.900. The average molecular weight is 220 g/mol. The van der Waals surface area contributed by atoms with Crippen LogP contribution in [0.25, 0.3) is 0 Å². The van der Waals surface area contributed by atoms with Gasteiger partial charge in [-0.3, -0.25) is 4.79 Å². The van der Waals surface area contributed by atoms with Crippen LogP contribution in [0.15, 0.2) is 0 Å². The van der Waals surface area contributed by atoms with Gasteiger partial charge in [-0.2, -0.15) is 0 Å². The largest absolute Gasteiger partial charge is 0.383 e. The van der Waals surface area contributed by atoms with Crippen molar-refractivity contribution in [3.63, 3.8) is 0 Å². The predicted octanol–water partition coefficient (Wildman–Crippen LogP) is 1.55. The Morgan fingerprint density at radius 1 is 1.64 bits per heavy atom. The van der Waals surface area contributed by atoms with Crippen LogP contribution in [0.5, 0.6) is 0 Å². The lowest BCUT2D eigenvalue weighted by atomic mass is 10.2. The van der Waals surface area contributed by atoms with Crippen molar-refractivity contribution in [2.45, 2.75) is 31.1 Å². The first-order chi connectivity index (χ1) is 6.72. The first-order valence-electron chi connectivity index (χ1n) is 5.12. The molecule has 0 heterocycles. The minimum atomic E-state index is 0.00113. The SMILES string of the molecule is COCC(Cl)CCNC(=O)CC1CC1. The van der Waals surface area contributed by atoms with Crippen LogP contribution >= 0.6 is 11.6 Å². The summed E-state index contributed by atoms with van der Waals surface area (Å²) < 4.78 is 4.89.